The van der Waals surface area contributed by atoms with Crippen LogP contribution in [0.3, 0.4) is 0 Å². The van der Waals surface area contributed by atoms with Gasteiger partial charge in [0.1, 0.15) is 0 Å². The van der Waals surface area contributed by atoms with Crippen molar-refractivity contribution in [1.82, 2.24) is 0 Å². The fourth-order valence-corrected chi connectivity index (χ4v) is 2.65. The first-order valence-corrected chi connectivity index (χ1v) is 7.49. The number of allylic oxidation sites excluding steroid dienone is 10. The standard InChI is InChI=1S/C20H28O/c1-7-15(2)9-8-10-16(3)11-12-19-17(4)13-18(21)14-20(19,5)6/h7-13,18,21H,1,14H2,2-6H3/b10-8+,15-9+,16-11+,19-12-. The van der Waals surface area contributed by atoms with Gasteiger partial charge in [0.05, 0.1) is 6.10 Å². The summed E-state index contributed by atoms with van der Waals surface area (Å²) >= 11 is 0. The summed E-state index contributed by atoms with van der Waals surface area (Å²) in [5, 5.41) is 9.86. The van der Waals surface area contributed by atoms with Crippen molar-refractivity contribution in [3.63, 3.8) is 0 Å². The number of rotatable bonds is 4. The van der Waals surface area contributed by atoms with Gasteiger partial charge in [-0.15, -0.1) is 0 Å². The first-order valence-electron chi connectivity index (χ1n) is 7.49. The van der Waals surface area contributed by atoms with E-state index in [0.29, 0.717) is 0 Å². The molecule has 0 aromatic carbocycles. The van der Waals surface area contributed by atoms with E-state index in [0.717, 1.165) is 12.0 Å². The minimum atomic E-state index is -0.325. The predicted molar refractivity (Wildman–Crippen MR) is 93.1 cm³/mol. The van der Waals surface area contributed by atoms with E-state index in [4.69, 9.17) is 0 Å². The van der Waals surface area contributed by atoms with Gasteiger partial charge in [0.15, 0.2) is 0 Å². The van der Waals surface area contributed by atoms with E-state index < -0.39 is 0 Å². The topological polar surface area (TPSA) is 20.2 Å². The van der Waals surface area contributed by atoms with E-state index >= 15 is 0 Å². The van der Waals surface area contributed by atoms with E-state index in [1.807, 2.05) is 31.2 Å². The van der Waals surface area contributed by atoms with Crippen molar-refractivity contribution in [2.24, 2.45) is 5.41 Å². The first-order chi connectivity index (χ1) is 9.76. The van der Waals surface area contributed by atoms with Gasteiger partial charge in [-0.05, 0) is 43.8 Å². The normalized spacial score (nSPS) is 25.3. The zero-order valence-electron chi connectivity index (χ0n) is 14.0. The highest BCUT2D eigenvalue weighted by Gasteiger charge is 2.30. The minimum Gasteiger partial charge on any atom is -0.389 e. The highest BCUT2D eigenvalue weighted by atomic mass is 16.3. The van der Waals surface area contributed by atoms with E-state index in [1.54, 1.807) is 0 Å². The van der Waals surface area contributed by atoms with Gasteiger partial charge in [-0.25, -0.2) is 0 Å². The molecule has 21 heavy (non-hydrogen) atoms. The van der Waals surface area contributed by atoms with Crippen LogP contribution < -0.4 is 0 Å². The molecule has 0 spiro atoms. The van der Waals surface area contributed by atoms with Crippen LogP contribution in [0.15, 0.2) is 71.4 Å². The summed E-state index contributed by atoms with van der Waals surface area (Å²) in [6.45, 7) is 14.3. The SMILES string of the molecule is C=C/C(C)=C/C=C/C(C)=C/C=C1/C(C)=CC(O)CC1(C)C. The summed E-state index contributed by atoms with van der Waals surface area (Å²) in [6, 6.07) is 0. The van der Waals surface area contributed by atoms with Crippen LogP contribution >= 0.6 is 0 Å². The van der Waals surface area contributed by atoms with Crippen molar-refractivity contribution in [2.45, 2.75) is 47.1 Å². The molecule has 1 rings (SSSR count). The maximum Gasteiger partial charge on any atom is 0.0734 e. The van der Waals surface area contributed by atoms with Gasteiger partial charge in [-0.1, -0.05) is 74.1 Å². The molecule has 114 valence electrons. The molecule has 0 saturated carbocycles. The molecule has 1 aliphatic carbocycles. The fourth-order valence-electron chi connectivity index (χ4n) is 2.65. The second kappa shape index (κ2) is 7.42. The lowest BCUT2D eigenvalue weighted by Gasteiger charge is -2.34. The van der Waals surface area contributed by atoms with Crippen molar-refractivity contribution in [3.8, 4) is 0 Å². The largest absolute Gasteiger partial charge is 0.389 e. The summed E-state index contributed by atoms with van der Waals surface area (Å²) in [4.78, 5) is 0. The number of hydrogen-bond donors (Lipinski definition) is 1. The van der Waals surface area contributed by atoms with Crippen LogP contribution in [0, 0.1) is 5.41 Å². The Morgan fingerprint density at radius 3 is 2.52 bits per heavy atom. The smallest absolute Gasteiger partial charge is 0.0734 e. The molecule has 1 heteroatoms. The van der Waals surface area contributed by atoms with Crippen LogP contribution in [0.1, 0.15) is 41.0 Å². The molecule has 0 fully saturated rings. The van der Waals surface area contributed by atoms with Gasteiger partial charge in [0.2, 0.25) is 0 Å². The lowest BCUT2D eigenvalue weighted by Crippen LogP contribution is -2.26. The van der Waals surface area contributed by atoms with Crippen LogP contribution in [0.5, 0.6) is 0 Å². The quantitative estimate of drug-likeness (QED) is 0.696. The molecule has 1 atom stereocenters. The summed E-state index contributed by atoms with van der Waals surface area (Å²) in [5.41, 5.74) is 4.84. The summed E-state index contributed by atoms with van der Waals surface area (Å²) < 4.78 is 0. The van der Waals surface area contributed by atoms with Crippen LogP contribution in [-0.4, -0.2) is 11.2 Å². The average molecular weight is 284 g/mol. The molecule has 1 unspecified atom stereocenters. The molecule has 1 aliphatic rings. The average Bonchev–Trinajstić information content (AvgIpc) is 2.36. The highest BCUT2D eigenvalue weighted by Crippen LogP contribution is 2.40. The Hall–Kier alpha value is -1.60. The van der Waals surface area contributed by atoms with E-state index in [2.05, 4.69) is 52.5 Å². The lowest BCUT2D eigenvalue weighted by atomic mass is 9.72. The minimum absolute atomic E-state index is 0.0120. The Balaban J connectivity index is 2.94. The molecule has 0 bridgehead atoms. The first kappa shape index (κ1) is 17.5. The van der Waals surface area contributed by atoms with E-state index in [9.17, 15) is 5.11 Å². The van der Waals surface area contributed by atoms with Gasteiger partial charge in [-0.3, -0.25) is 0 Å². The van der Waals surface area contributed by atoms with Gasteiger partial charge >= 0.3 is 0 Å². The van der Waals surface area contributed by atoms with Crippen LogP contribution in [0.4, 0.5) is 0 Å². The third-order valence-electron chi connectivity index (χ3n) is 3.87. The molecule has 0 radical (unpaired) electrons. The van der Waals surface area contributed by atoms with Crippen LogP contribution in [-0.2, 0) is 0 Å². The van der Waals surface area contributed by atoms with Crippen molar-refractivity contribution < 1.29 is 5.11 Å². The molecular formula is C20H28O. The maximum absolute atomic E-state index is 9.86. The molecule has 0 aromatic heterocycles. The highest BCUT2D eigenvalue weighted by molar-refractivity contribution is 5.41. The van der Waals surface area contributed by atoms with Gasteiger partial charge < -0.3 is 5.11 Å². The molecule has 0 amide bonds. The van der Waals surface area contributed by atoms with Gasteiger partial charge in [0.25, 0.3) is 0 Å². The maximum atomic E-state index is 9.86. The summed E-state index contributed by atoms with van der Waals surface area (Å²) in [7, 11) is 0. The number of hydrogen-bond acceptors (Lipinski definition) is 1. The molecule has 0 aliphatic heterocycles. The van der Waals surface area contributed by atoms with Crippen molar-refractivity contribution in [1.29, 1.82) is 0 Å². The van der Waals surface area contributed by atoms with E-state index in [1.165, 1.54) is 16.7 Å². The zero-order chi connectivity index (χ0) is 16.0. The molecular weight excluding hydrogens is 256 g/mol. The predicted octanol–water partition coefficient (Wildman–Crippen LogP) is 5.28. The summed E-state index contributed by atoms with van der Waals surface area (Å²) in [5.74, 6) is 0. The molecule has 0 aromatic rings. The molecule has 1 nitrogen and oxygen atoms in total. The second-order valence-corrected chi connectivity index (χ2v) is 6.47. The lowest BCUT2D eigenvalue weighted by molar-refractivity contribution is 0.161. The molecule has 0 saturated heterocycles. The Morgan fingerprint density at radius 1 is 1.29 bits per heavy atom. The van der Waals surface area contributed by atoms with Gasteiger partial charge in [-0.2, -0.15) is 0 Å². The molecule has 1 N–H and O–H groups in total. The molecule has 0 heterocycles. The fraction of sp³-hybridized carbons (Fsp3) is 0.400. The van der Waals surface area contributed by atoms with Crippen molar-refractivity contribution in [3.05, 3.63) is 71.4 Å². The second-order valence-electron chi connectivity index (χ2n) is 6.47. The monoisotopic (exact) mass is 284 g/mol. The summed E-state index contributed by atoms with van der Waals surface area (Å²) in [6.07, 6.45) is 14.7. The third-order valence-corrected chi connectivity index (χ3v) is 3.87. The van der Waals surface area contributed by atoms with Crippen LogP contribution in [0.2, 0.25) is 0 Å². The van der Waals surface area contributed by atoms with Crippen molar-refractivity contribution in [2.75, 3.05) is 0 Å². The van der Waals surface area contributed by atoms with Crippen molar-refractivity contribution >= 4 is 0 Å². The number of aliphatic hydroxyl groups is 1. The van der Waals surface area contributed by atoms with Gasteiger partial charge in [0, 0.05) is 0 Å². The Kier molecular flexibility index (Phi) is 6.17. The van der Waals surface area contributed by atoms with E-state index in [-0.39, 0.29) is 11.5 Å². The third kappa shape index (κ3) is 5.35. The Bertz CT molecular complexity index is 536. The Labute approximate surface area is 129 Å². The number of aliphatic hydroxyl groups excluding tert-OH is 1. The zero-order valence-corrected chi connectivity index (χ0v) is 14.0. The van der Waals surface area contributed by atoms with Crippen LogP contribution in [0.25, 0.3) is 0 Å². The Morgan fingerprint density at radius 2 is 1.95 bits per heavy atom.